The summed E-state index contributed by atoms with van der Waals surface area (Å²) in [6, 6.07) is 6.08. The molecule has 2 aromatic rings. The van der Waals surface area contributed by atoms with Crippen molar-refractivity contribution in [2.24, 2.45) is 0 Å². The quantitative estimate of drug-likeness (QED) is 0.582. The first-order chi connectivity index (χ1) is 12.5. The van der Waals surface area contributed by atoms with Gasteiger partial charge in [-0.15, -0.1) is 11.3 Å². The maximum absolute atomic E-state index is 12.6. The molecule has 1 amide bonds. The Kier molecular flexibility index (Phi) is 6.67. The Balaban J connectivity index is 2.18. The number of hydrogen-bond donors (Lipinski definition) is 1. The first-order valence-electron chi connectivity index (χ1n) is 7.23. The van der Waals surface area contributed by atoms with Crippen LogP contribution >= 0.6 is 11.3 Å². The Labute approximate surface area is 152 Å². The van der Waals surface area contributed by atoms with Crippen molar-refractivity contribution in [2.45, 2.75) is 6.61 Å². The van der Waals surface area contributed by atoms with Gasteiger partial charge < -0.3 is 19.5 Å². The number of esters is 1. The van der Waals surface area contributed by atoms with Gasteiger partial charge >= 0.3 is 12.6 Å². The Morgan fingerprint density at radius 1 is 1.23 bits per heavy atom. The van der Waals surface area contributed by atoms with Crippen LogP contribution in [0.15, 0.2) is 35.7 Å². The number of para-hydroxylation sites is 1. The van der Waals surface area contributed by atoms with Gasteiger partial charge in [-0.05, 0) is 23.6 Å². The molecule has 0 radical (unpaired) electrons. The summed E-state index contributed by atoms with van der Waals surface area (Å²) < 4.78 is 39.3. The van der Waals surface area contributed by atoms with Gasteiger partial charge in [0.1, 0.15) is 4.88 Å². The first kappa shape index (κ1) is 19.4. The number of methoxy groups -OCH3 is 2. The van der Waals surface area contributed by atoms with Crippen LogP contribution in [0.5, 0.6) is 11.5 Å². The molecule has 0 saturated carbocycles. The van der Waals surface area contributed by atoms with E-state index in [1.54, 1.807) is 17.5 Å². The highest BCUT2D eigenvalue weighted by Crippen LogP contribution is 2.33. The molecule has 138 valence electrons. The Morgan fingerprint density at radius 3 is 2.65 bits per heavy atom. The number of amides is 1. The van der Waals surface area contributed by atoms with E-state index >= 15 is 0 Å². The summed E-state index contributed by atoms with van der Waals surface area (Å²) >= 11 is 1.12. The average molecular weight is 383 g/mol. The molecular weight excluding hydrogens is 368 g/mol. The van der Waals surface area contributed by atoms with Crippen molar-refractivity contribution in [1.29, 1.82) is 0 Å². The SMILES string of the molecule is COC(=O)c1sccc1NC(=O)/C=C/c1cccc(OC)c1OC(F)F. The number of ether oxygens (including phenoxy) is 3. The van der Waals surface area contributed by atoms with Gasteiger partial charge in [0.05, 0.1) is 19.9 Å². The van der Waals surface area contributed by atoms with Crippen molar-refractivity contribution in [2.75, 3.05) is 19.5 Å². The van der Waals surface area contributed by atoms with Gasteiger partial charge in [0, 0.05) is 11.6 Å². The van der Waals surface area contributed by atoms with Crippen LogP contribution in [0, 0.1) is 0 Å². The lowest BCUT2D eigenvalue weighted by atomic mass is 10.1. The third-order valence-corrected chi connectivity index (χ3v) is 4.04. The number of carbonyl (C=O) groups is 2. The summed E-state index contributed by atoms with van der Waals surface area (Å²) in [5.41, 5.74) is 0.532. The second kappa shape index (κ2) is 8.95. The molecule has 26 heavy (non-hydrogen) atoms. The van der Waals surface area contributed by atoms with E-state index < -0.39 is 18.5 Å². The highest BCUT2D eigenvalue weighted by atomic mass is 32.1. The molecule has 1 aromatic carbocycles. The van der Waals surface area contributed by atoms with Crippen molar-refractivity contribution < 1.29 is 32.6 Å². The van der Waals surface area contributed by atoms with Crippen molar-refractivity contribution in [3.05, 3.63) is 46.2 Å². The lowest BCUT2D eigenvalue weighted by molar-refractivity contribution is -0.111. The van der Waals surface area contributed by atoms with Crippen LogP contribution in [-0.4, -0.2) is 32.7 Å². The molecule has 0 saturated heterocycles. The number of hydrogen-bond acceptors (Lipinski definition) is 6. The Morgan fingerprint density at radius 2 is 2.00 bits per heavy atom. The van der Waals surface area contributed by atoms with Crippen molar-refractivity contribution in [1.82, 2.24) is 0 Å². The maximum atomic E-state index is 12.6. The number of anilines is 1. The van der Waals surface area contributed by atoms with Crippen molar-refractivity contribution >= 4 is 35.0 Å². The van der Waals surface area contributed by atoms with Gasteiger partial charge in [-0.2, -0.15) is 8.78 Å². The predicted molar refractivity (Wildman–Crippen MR) is 92.9 cm³/mol. The molecule has 0 spiro atoms. The van der Waals surface area contributed by atoms with Crippen LogP contribution < -0.4 is 14.8 Å². The van der Waals surface area contributed by atoms with Crippen LogP contribution in [0.4, 0.5) is 14.5 Å². The molecule has 0 atom stereocenters. The number of halogens is 2. The van der Waals surface area contributed by atoms with Crippen LogP contribution in [0.25, 0.3) is 6.08 Å². The van der Waals surface area contributed by atoms with Crippen molar-refractivity contribution in [3.8, 4) is 11.5 Å². The average Bonchev–Trinajstić information content (AvgIpc) is 3.07. The van der Waals surface area contributed by atoms with Gasteiger partial charge in [0.15, 0.2) is 11.5 Å². The van der Waals surface area contributed by atoms with E-state index in [0.29, 0.717) is 5.69 Å². The molecule has 0 bridgehead atoms. The van der Waals surface area contributed by atoms with E-state index in [2.05, 4.69) is 14.8 Å². The lowest BCUT2D eigenvalue weighted by Gasteiger charge is -2.12. The molecule has 6 nitrogen and oxygen atoms in total. The monoisotopic (exact) mass is 383 g/mol. The third-order valence-electron chi connectivity index (χ3n) is 3.14. The zero-order valence-electron chi connectivity index (χ0n) is 13.8. The lowest BCUT2D eigenvalue weighted by Crippen LogP contribution is -2.11. The Bertz CT molecular complexity index is 819. The predicted octanol–water partition coefficient (Wildman–Crippen LogP) is 3.80. The fourth-order valence-electron chi connectivity index (χ4n) is 2.04. The highest BCUT2D eigenvalue weighted by molar-refractivity contribution is 7.12. The standard InChI is InChI=1S/C17H15F2NO5S/c1-23-12-5-3-4-10(14(12)25-17(18)19)6-7-13(21)20-11-8-9-26-15(11)16(22)24-2/h3-9,17H,1-2H3,(H,20,21)/b7-6+. The summed E-state index contributed by atoms with van der Waals surface area (Å²) in [5, 5.41) is 4.16. The number of alkyl halides is 2. The first-order valence-corrected chi connectivity index (χ1v) is 8.11. The van der Waals surface area contributed by atoms with Gasteiger partial charge in [0.25, 0.3) is 0 Å². The largest absolute Gasteiger partial charge is 0.493 e. The van der Waals surface area contributed by atoms with Gasteiger partial charge in [-0.1, -0.05) is 12.1 Å². The molecular formula is C17H15F2NO5S. The molecule has 1 N–H and O–H groups in total. The highest BCUT2D eigenvalue weighted by Gasteiger charge is 2.16. The van der Waals surface area contributed by atoms with Crippen LogP contribution in [0.1, 0.15) is 15.2 Å². The molecule has 9 heteroatoms. The van der Waals surface area contributed by atoms with Crippen LogP contribution in [-0.2, 0) is 9.53 Å². The summed E-state index contributed by atoms with van der Waals surface area (Å²) in [5.74, 6) is -1.20. The fraction of sp³-hybridized carbons (Fsp3) is 0.176. The minimum Gasteiger partial charge on any atom is -0.493 e. The van der Waals surface area contributed by atoms with Gasteiger partial charge in [0.2, 0.25) is 5.91 Å². The summed E-state index contributed by atoms with van der Waals surface area (Å²) in [4.78, 5) is 23.9. The van der Waals surface area contributed by atoms with E-state index in [4.69, 9.17) is 4.74 Å². The van der Waals surface area contributed by atoms with Crippen LogP contribution in [0.2, 0.25) is 0 Å². The van der Waals surface area contributed by atoms with E-state index in [-0.39, 0.29) is 21.9 Å². The van der Waals surface area contributed by atoms with Gasteiger partial charge in [-0.25, -0.2) is 4.79 Å². The summed E-state index contributed by atoms with van der Waals surface area (Å²) in [6.45, 7) is -3.04. The molecule has 0 aliphatic heterocycles. The minimum atomic E-state index is -3.04. The zero-order valence-corrected chi connectivity index (χ0v) is 14.6. The number of carbonyl (C=O) groups excluding carboxylic acids is 2. The van der Waals surface area contributed by atoms with Gasteiger partial charge in [-0.3, -0.25) is 4.79 Å². The second-order valence-electron chi connectivity index (χ2n) is 4.73. The number of benzene rings is 1. The molecule has 1 heterocycles. The molecule has 0 aliphatic rings. The van der Waals surface area contributed by atoms with Crippen molar-refractivity contribution in [3.63, 3.8) is 0 Å². The minimum absolute atomic E-state index is 0.110. The maximum Gasteiger partial charge on any atom is 0.387 e. The van der Waals surface area contributed by atoms with E-state index in [0.717, 1.165) is 17.4 Å². The molecule has 0 fully saturated rings. The van der Waals surface area contributed by atoms with E-state index in [1.807, 2.05) is 0 Å². The second-order valence-corrected chi connectivity index (χ2v) is 5.65. The smallest absolute Gasteiger partial charge is 0.387 e. The molecule has 1 aromatic heterocycles. The zero-order chi connectivity index (χ0) is 19.1. The summed E-state index contributed by atoms with van der Waals surface area (Å²) in [6.07, 6.45) is 2.44. The molecule has 0 unspecified atom stereocenters. The van der Waals surface area contributed by atoms with E-state index in [1.165, 1.54) is 32.4 Å². The number of nitrogens with one attached hydrogen (secondary N) is 1. The molecule has 0 aliphatic carbocycles. The number of thiophene rings is 1. The topological polar surface area (TPSA) is 73.9 Å². The summed E-state index contributed by atoms with van der Waals surface area (Å²) in [7, 11) is 2.56. The third kappa shape index (κ3) is 4.79. The fourth-order valence-corrected chi connectivity index (χ4v) is 2.80. The normalized spacial score (nSPS) is 10.8. The Hall–Kier alpha value is -2.94. The number of rotatable bonds is 7. The van der Waals surface area contributed by atoms with E-state index in [9.17, 15) is 18.4 Å². The molecule has 2 rings (SSSR count). The van der Waals surface area contributed by atoms with Crippen LogP contribution in [0.3, 0.4) is 0 Å².